The Labute approximate surface area is 106 Å². The van der Waals surface area contributed by atoms with E-state index in [0.717, 1.165) is 17.8 Å². The molecule has 0 unspecified atom stereocenters. The van der Waals surface area contributed by atoms with Crippen LogP contribution in [0.5, 0.6) is 0 Å². The molecule has 0 spiro atoms. The maximum absolute atomic E-state index is 5.87. The molecular weight excluding hydrogens is 236 g/mol. The van der Waals surface area contributed by atoms with E-state index in [1.54, 1.807) is 29.5 Å². The standard InChI is InChI=1S/C12H15ClN4/c1-9(2)15-5-10-3-4-14-7-12(10)17-8-11(13)6-16-17/h3-4,6-9,15H,5H2,1-2H3. The molecule has 0 radical (unpaired) electrons. The second-order valence-corrected chi connectivity index (χ2v) is 4.58. The average molecular weight is 251 g/mol. The average Bonchev–Trinajstić information content (AvgIpc) is 2.73. The molecule has 0 amide bonds. The second kappa shape index (κ2) is 5.29. The van der Waals surface area contributed by atoms with E-state index in [4.69, 9.17) is 11.6 Å². The zero-order valence-electron chi connectivity index (χ0n) is 9.89. The zero-order valence-corrected chi connectivity index (χ0v) is 10.6. The fourth-order valence-corrected chi connectivity index (χ4v) is 1.65. The van der Waals surface area contributed by atoms with Gasteiger partial charge < -0.3 is 5.32 Å². The van der Waals surface area contributed by atoms with Crippen LogP contribution in [-0.2, 0) is 6.54 Å². The van der Waals surface area contributed by atoms with Crippen LogP contribution in [0.15, 0.2) is 30.9 Å². The molecule has 17 heavy (non-hydrogen) atoms. The van der Waals surface area contributed by atoms with Crippen LogP contribution in [0.3, 0.4) is 0 Å². The summed E-state index contributed by atoms with van der Waals surface area (Å²) in [6.45, 7) is 5.02. The Bertz CT molecular complexity index is 493. The van der Waals surface area contributed by atoms with Crippen molar-refractivity contribution in [3.63, 3.8) is 0 Å². The Morgan fingerprint density at radius 1 is 1.41 bits per heavy atom. The molecule has 0 aliphatic heterocycles. The molecular formula is C12H15ClN4. The summed E-state index contributed by atoms with van der Waals surface area (Å²) < 4.78 is 1.74. The van der Waals surface area contributed by atoms with E-state index >= 15 is 0 Å². The summed E-state index contributed by atoms with van der Waals surface area (Å²) in [7, 11) is 0. The maximum Gasteiger partial charge on any atom is 0.0874 e. The van der Waals surface area contributed by atoms with Crippen LogP contribution >= 0.6 is 11.6 Å². The molecule has 0 bridgehead atoms. The van der Waals surface area contributed by atoms with Crippen LogP contribution in [0.1, 0.15) is 19.4 Å². The van der Waals surface area contributed by atoms with Gasteiger partial charge in [0.1, 0.15) is 0 Å². The van der Waals surface area contributed by atoms with E-state index < -0.39 is 0 Å². The number of nitrogens with one attached hydrogen (secondary N) is 1. The van der Waals surface area contributed by atoms with Crippen molar-refractivity contribution in [1.82, 2.24) is 20.1 Å². The molecule has 2 aromatic heterocycles. The molecule has 0 aliphatic carbocycles. The fraction of sp³-hybridized carbons (Fsp3) is 0.333. The van der Waals surface area contributed by atoms with E-state index in [1.807, 2.05) is 6.07 Å². The minimum Gasteiger partial charge on any atom is -0.310 e. The van der Waals surface area contributed by atoms with Crippen molar-refractivity contribution in [2.75, 3.05) is 0 Å². The summed E-state index contributed by atoms with van der Waals surface area (Å²) in [4.78, 5) is 4.13. The highest BCUT2D eigenvalue weighted by Gasteiger charge is 2.06. The maximum atomic E-state index is 5.87. The number of aromatic nitrogens is 3. The molecule has 0 saturated heterocycles. The van der Waals surface area contributed by atoms with E-state index in [9.17, 15) is 0 Å². The molecule has 1 N–H and O–H groups in total. The van der Waals surface area contributed by atoms with Crippen molar-refractivity contribution in [3.8, 4) is 5.69 Å². The van der Waals surface area contributed by atoms with Crippen molar-refractivity contribution in [2.45, 2.75) is 26.4 Å². The highest BCUT2D eigenvalue weighted by Crippen LogP contribution is 2.15. The van der Waals surface area contributed by atoms with Crippen LogP contribution < -0.4 is 5.32 Å². The highest BCUT2D eigenvalue weighted by molar-refractivity contribution is 6.30. The number of nitrogens with zero attached hydrogens (tertiary/aromatic N) is 3. The molecule has 0 aromatic carbocycles. The van der Waals surface area contributed by atoms with E-state index in [-0.39, 0.29) is 0 Å². The van der Waals surface area contributed by atoms with Crippen molar-refractivity contribution >= 4 is 11.6 Å². The van der Waals surface area contributed by atoms with Gasteiger partial charge in [-0.1, -0.05) is 25.4 Å². The molecule has 5 heteroatoms. The van der Waals surface area contributed by atoms with Crippen molar-refractivity contribution in [1.29, 1.82) is 0 Å². The Kier molecular flexibility index (Phi) is 3.76. The van der Waals surface area contributed by atoms with Crippen LogP contribution in [0.25, 0.3) is 5.69 Å². The first kappa shape index (κ1) is 12.1. The molecule has 2 aromatic rings. The Hall–Kier alpha value is -1.39. The lowest BCUT2D eigenvalue weighted by atomic mass is 10.2. The van der Waals surface area contributed by atoms with Gasteiger partial charge >= 0.3 is 0 Å². The molecule has 0 aliphatic rings. The predicted molar refractivity (Wildman–Crippen MR) is 68.3 cm³/mol. The zero-order chi connectivity index (χ0) is 12.3. The molecule has 0 atom stereocenters. The number of hydrogen-bond acceptors (Lipinski definition) is 3. The summed E-state index contributed by atoms with van der Waals surface area (Å²) in [5, 5.41) is 8.19. The Morgan fingerprint density at radius 3 is 2.88 bits per heavy atom. The van der Waals surface area contributed by atoms with Gasteiger partial charge in [0, 0.05) is 25.0 Å². The molecule has 4 nitrogen and oxygen atoms in total. The summed E-state index contributed by atoms with van der Waals surface area (Å²) >= 11 is 5.87. The normalized spacial score (nSPS) is 11.1. The molecule has 90 valence electrons. The lowest BCUT2D eigenvalue weighted by Crippen LogP contribution is -2.22. The first-order valence-electron chi connectivity index (χ1n) is 5.53. The highest BCUT2D eigenvalue weighted by atomic mass is 35.5. The van der Waals surface area contributed by atoms with Gasteiger partial charge in [-0.2, -0.15) is 5.10 Å². The van der Waals surface area contributed by atoms with Crippen LogP contribution in [0, 0.1) is 0 Å². The van der Waals surface area contributed by atoms with E-state index in [2.05, 4.69) is 29.2 Å². The number of rotatable bonds is 4. The van der Waals surface area contributed by atoms with Crippen molar-refractivity contribution in [2.24, 2.45) is 0 Å². The van der Waals surface area contributed by atoms with Gasteiger partial charge in [-0.15, -0.1) is 0 Å². The largest absolute Gasteiger partial charge is 0.310 e. The van der Waals surface area contributed by atoms with Crippen LogP contribution in [0.4, 0.5) is 0 Å². The first-order chi connectivity index (χ1) is 8.16. The number of halogens is 1. The van der Waals surface area contributed by atoms with E-state index in [1.165, 1.54) is 0 Å². The third-order valence-electron chi connectivity index (χ3n) is 2.39. The first-order valence-corrected chi connectivity index (χ1v) is 5.91. The SMILES string of the molecule is CC(C)NCc1ccncc1-n1cc(Cl)cn1. The van der Waals surface area contributed by atoms with Crippen LogP contribution in [-0.4, -0.2) is 20.8 Å². The Morgan fingerprint density at radius 2 is 2.24 bits per heavy atom. The third kappa shape index (κ3) is 3.05. The smallest absolute Gasteiger partial charge is 0.0874 e. The lowest BCUT2D eigenvalue weighted by Gasteiger charge is -2.11. The monoisotopic (exact) mass is 250 g/mol. The van der Waals surface area contributed by atoms with Gasteiger partial charge in [-0.25, -0.2) is 4.68 Å². The van der Waals surface area contributed by atoms with E-state index in [0.29, 0.717) is 11.1 Å². The quantitative estimate of drug-likeness (QED) is 0.906. The fourth-order valence-electron chi connectivity index (χ4n) is 1.52. The summed E-state index contributed by atoms with van der Waals surface area (Å²) in [6.07, 6.45) is 6.97. The van der Waals surface area contributed by atoms with Crippen molar-refractivity contribution in [3.05, 3.63) is 41.4 Å². The number of hydrogen-bond donors (Lipinski definition) is 1. The Balaban J connectivity index is 2.27. The van der Waals surface area contributed by atoms with Crippen LogP contribution in [0.2, 0.25) is 5.02 Å². The second-order valence-electron chi connectivity index (χ2n) is 4.14. The van der Waals surface area contributed by atoms with Gasteiger partial charge in [-0.05, 0) is 11.6 Å². The van der Waals surface area contributed by atoms with Gasteiger partial charge in [0.05, 0.1) is 23.1 Å². The molecule has 2 heterocycles. The van der Waals surface area contributed by atoms with Gasteiger partial charge in [0.15, 0.2) is 0 Å². The molecule has 0 saturated carbocycles. The van der Waals surface area contributed by atoms with Gasteiger partial charge in [0.25, 0.3) is 0 Å². The van der Waals surface area contributed by atoms with Gasteiger partial charge in [0.2, 0.25) is 0 Å². The minimum absolute atomic E-state index is 0.442. The summed E-state index contributed by atoms with van der Waals surface area (Å²) in [5.41, 5.74) is 2.10. The van der Waals surface area contributed by atoms with Crippen molar-refractivity contribution < 1.29 is 0 Å². The van der Waals surface area contributed by atoms with Gasteiger partial charge in [-0.3, -0.25) is 4.98 Å². The lowest BCUT2D eigenvalue weighted by molar-refractivity contribution is 0.586. The topological polar surface area (TPSA) is 42.7 Å². The number of pyridine rings is 1. The third-order valence-corrected chi connectivity index (χ3v) is 2.58. The predicted octanol–water partition coefficient (Wildman–Crippen LogP) is 2.42. The molecule has 0 fully saturated rings. The molecule has 2 rings (SSSR count). The summed E-state index contributed by atoms with van der Waals surface area (Å²) in [6, 6.07) is 2.43. The minimum atomic E-state index is 0.442. The summed E-state index contributed by atoms with van der Waals surface area (Å²) in [5.74, 6) is 0.